The van der Waals surface area contributed by atoms with Gasteiger partial charge in [-0.15, -0.1) is 0 Å². The van der Waals surface area contributed by atoms with Crippen molar-refractivity contribution < 1.29 is 9.53 Å². The van der Waals surface area contributed by atoms with E-state index in [0.717, 1.165) is 6.42 Å². The van der Waals surface area contributed by atoms with E-state index in [1.54, 1.807) is 13.0 Å². The van der Waals surface area contributed by atoms with Crippen LogP contribution in [-0.4, -0.2) is 12.6 Å². The highest BCUT2D eigenvalue weighted by Crippen LogP contribution is 2.01. The third kappa shape index (κ3) is 5.01. The van der Waals surface area contributed by atoms with Crippen LogP contribution in [0.3, 0.4) is 0 Å². The topological polar surface area (TPSA) is 26.3 Å². The number of rotatable bonds is 5. The van der Waals surface area contributed by atoms with Gasteiger partial charge in [0.05, 0.1) is 6.61 Å². The minimum atomic E-state index is -0.290. The highest BCUT2D eigenvalue weighted by Gasteiger charge is 1.96. The van der Waals surface area contributed by atoms with Gasteiger partial charge in [0, 0.05) is 12.5 Å². The zero-order valence-corrected chi connectivity index (χ0v) is 8.85. The van der Waals surface area contributed by atoms with Crippen LogP contribution in [0.5, 0.6) is 0 Å². The van der Waals surface area contributed by atoms with Gasteiger partial charge in [-0.25, -0.2) is 4.79 Å². The van der Waals surface area contributed by atoms with Crippen molar-refractivity contribution in [3.63, 3.8) is 0 Å². The van der Waals surface area contributed by atoms with E-state index in [0.29, 0.717) is 6.61 Å². The molecule has 0 aliphatic carbocycles. The van der Waals surface area contributed by atoms with Crippen molar-refractivity contribution in [2.45, 2.75) is 13.3 Å². The standard InChI is InChI=1S/C13H15O2/c1-2-7-13(14)15-11-6-10-12-8-4-3-5-9-12/h2-9H,10-11H2,1H3. The summed E-state index contributed by atoms with van der Waals surface area (Å²) in [7, 11) is 0. The van der Waals surface area contributed by atoms with Gasteiger partial charge in [0.15, 0.2) is 0 Å². The summed E-state index contributed by atoms with van der Waals surface area (Å²) in [6.07, 6.45) is 5.84. The van der Waals surface area contributed by atoms with Crippen molar-refractivity contribution in [1.29, 1.82) is 0 Å². The van der Waals surface area contributed by atoms with Gasteiger partial charge in [0.25, 0.3) is 0 Å². The summed E-state index contributed by atoms with van der Waals surface area (Å²) in [5.74, 6) is -0.290. The van der Waals surface area contributed by atoms with Gasteiger partial charge in [0.2, 0.25) is 0 Å². The van der Waals surface area contributed by atoms with Gasteiger partial charge < -0.3 is 4.74 Å². The normalized spacial score (nSPS) is 10.5. The molecule has 2 heteroatoms. The van der Waals surface area contributed by atoms with E-state index >= 15 is 0 Å². The molecule has 0 aliphatic rings. The Labute approximate surface area is 90.6 Å². The van der Waals surface area contributed by atoms with Gasteiger partial charge >= 0.3 is 5.97 Å². The van der Waals surface area contributed by atoms with Crippen LogP contribution < -0.4 is 0 Å². The molecule has 1 radical (unpaired) electrons. The van der Waals surface area contributed by atoms with E-state index in [9.17, 15) is 4.79 Å². The number of ether oxygens (including phenoxy) is 1. The molecule has 79 valence electrons. The van der Waals surface area contributed by atoms with Crippen LogP contribution in [0, 0.1) is 6.42 Å². The molecule has 0 N–H and O–H groups in total. The van der Waals surface area contributed by atoms with E-state index in [2.05, 4.69) is 0 Å². The fraction of sp³-hybridized carbons (Fsp3) is 0.231. The second kappa shape index (κ2) is 6.82. The summed E-state index contributed by atoms with van der Waals surface area (Å²) >= 11 is 0. The van der Waals surface area contributed by atoms with Crippen molar-refractivity contribution in [3.8, 4) is 0 Å². The third-order valence-electron chi connectivity index (χ3n) is 1.87. The molecular formula is C13H15O2. The quantitative estimate of drug-likeness (QED) is 0.417. The number of hydrogen-bond acceptors (Lipinski definition) is 2. The molecule has 0 aromatic heterocycles. The number of allylic oxidation sites excluding steroid dienone is 1. The first-order chi connectivity index (χ1) is 7.33. The Kier molecular flexibility index (Phi) is 5.23. The molecule has 0 spiro atoms. The van der Waals surface area contributed by atoms with Crippen molar-refractivity contribution in [1.82, 2.24) is 0 Å². The summed E-state index contributed by atoms with van der Waals surface area (Å²) in [5, 5.41) is 0. The molecule has 0 saturated heterocycles. The maximum Gasteiger partial charge on any atom is 0.330 e. The molecule has 0 bridgehead atoms. The zero-order valence-electron chi connectivity index (χ0n) is 8.85. The predicted octanol–water partition coefficient (Wildman–Crippen LogP) is 2.55. The second-order valence-corrected chi connectivity index (χ2v) is 3.11. The Morgan fingerprint density at radius 2 is 2.07 bits per heavy atom. The van der Waals surface area contributed by atoms with E-state index in [1.807, 2.05) is 36.8 Å². The number of hydrogen-bond donors (Lipinski definition) is 0. The summed E-state index contributed by atoms with van der Waals surface area (Å²) in [4.78, 5) is 10.9. The lowest BCUT2D eigenvalue weighted by molar-refractivity contribution is -0.136. The van der Waals surface area contributed by atoms with Crippen LogP contribution in [0.25, 0.3) is 0 Å². The molecule has 1 rings (SSSR count). The molecule has 0 saturated carbocycles. The van der Waals surface area contributed by atoms with Crippen molar-refractivity contribution in [2.24, 2.45) is 0 Å². The number of carbonyl (C=O) groups is 1. The molecule has 15 heavy (non-hydrogen) atoms. The van der Waals surface area contributed by atoms with Gasteiger partial charge in [-0.3, -0.25) is 0 Å². The zero-order chi connectivity index (χ0) is 10.9. The minimum Gasteiger partial charge on any atom is -0.462 e. The molecule has 0 aliphatic heterocycles. The predicted molar refractivity (Wildman–Crippen MR) is 60.2 cm³/mol. The van der Waals surface area contributed by atoms with E-state index in [4.69, 9.17) is 4.74 Å². The largest absolute Gasteiger partial charge is 0.462 e. The molecule has 1 aromatic rings. The van der Waals surface area contributed by atoms with Crippen molar-refractivity contribution in [3.05, 3.63) is 54.5 Å². The van der Waals surface area contributed by atoms with Gasteiger partial charge in [0.1, 0.15) is 0 Å². The fourth-order valence-corrected chi connectivity index (χ4v) is 1.16. The third-order valence-corrected chi connectivity index (χ3v) is 1.87. The number of esters is 1. The molecule has 2 nitrogen and oxygen atoms in total. The Balaban J connectivity index is 2.15. The first-order valence-electron chi connectivity index (χ1n) is 4.98. The van der Waals surface area contributed by atoms with Gasteiger partial charge in [-0.2, -0.15) is 0 Å². The smallest absolute Gasteiger partial charge is 0.330 e. The lowest BCUT2D eigenvalue weighted by Gasteiger charge is -2.01. The lowest BCUT2D eigenvalue weighted by atomic mass is 10.1. The summed E-state index contributed by atoms with van der Waals surface area (Å²) in [6, 6.07) is 10.1. The molecular weight excluding hydrogens is 188 g/mol. The Morgan fingerprint density at radius 3 is 2.73 bits per heavy atom. The molecule has 0 fully saturated rings. The van der Waals surface area contributed by atoms with E-state index in [1.165, 1.54) is 11.6 Å². The monoisotopic (exact) mass is 203 g/mol. The number of benzene rings is 1. The first-order valence-corrected chi connectivity index (χ1v) is 4.98. The molecule has 0 unspecified atom stereocenters. The van der Waals surface area contributed by atoms with Crippen LogP contribution in [-0.2, 0) is 16.0 Å². The maximum absolute atomic E-state index is 10.9. The SMILES string of the molecule is CC=CC(=O)OC[CH]Cc1ccccc1. The number of carbonyl (C=O) groups excluding carboxylic acids is 1. The molecule has 0 amide bonds. The lowest BCUT2D eigenvalue weighted by Crippen LogP contribution is -2.03. The average molecular weight is 203 g/mol. The Hall–Kier alpha value is -1.57. The second-order valence-electron chi connectivity index (χ2n) is 3.11. The highest BCUT2D eigenvalue weighted by molar-refractivity contribution is 5.81. The van der Waals surface area contributed by atoms with Crippen LogP contribution >= 0.6 is 0 Å². The summed E-state index contributed by atoms with van der Waals surface area (Å²) in [5.41, 5.74) is 1.22. The molecule has 1 aromatic carbocycles. The first kappa shape index (κ1) is 11.5. The maximum atomic E-state index is 10.9. The minimum absolute atomic E-state index is 0.290. The van der Waals surface area contributed by atoms with Gasteiger partial charge in [-0.1, -0.05) is 36.4 Å². The Bertz CT molecular complexity index is 315. The van der Waals surface area contributed by atoms with E-state index < -0.39 is 0 Å². The van der Waals surface area contributed by atoms with Crippen LogP contribution in [0.2, 0.25) is 0 Å². The summed E-state index contributed by atoms with van der Waals surface area (Å²) in [6.45, 7) is 2.15. The van der Waals surface area contributed by atoms with Crippen LogP contribution in [0.4, 0.5) is 0 Å². The van der Waals surface area contributed by atoms with Crippen LogP contribution in [0.1, 0.15) is 12.5 Å². The summed E-state index contributed by atoms with van der Waals surface area (Å²) < 4.78 is 4.92. The van der Waals surface area contributed by atoms with Crippen molar-refractivity contribution in [2.75, 3.05) is 6.61 Å². The van der Waals surface area contributed by atoms with Crippen molar-refractivity contribution >= 4 is 5.97 Å². The van der Waals surface area contributed by atoms with E-state index in [-0.39, 0.29) is 5.97 Å². The molecule has 0 atom stereocenters. The highest BCUT2D eigenvalue weighted by atomic mass is 16.5. The van der Waals surface area contributed by atoms with Gasteiger partial charge in [-0.05, 0) is 18.9 Å². The Morgan fingerprint density at radius 1 is 1.33 bits per heavy atom. The fourth-order valence-electron chi connectivity index (χ4n) is 1.16. The molecule has 0 heterocycles. The average Bonchev–Trinajstić information content (AvgIpc) is 2.26. The van der Waals surface area contributed by atoms with Crippen LogP contribution in [0.15, 0.2) is 42.5 Å².